The first-order valence-electron chi connectivity index (χ1n) is 5.98. The Morgan fingerprint density at radius 3 is 2.45 bits per heavy atom. The highest BCUT2D eigenvalue weighted by atomic mass is 16.5. The van der Waals surface area contributed by atoms with Gasteiger partial charge >= 0.3 is 6.09 Å². The molecule has 106 valence electrons. The topological polar surface area (TPSA) is 81.7 Å². The largest absolute Gasteiger partial charge is 0.490 e. The standard InChI is InChI=1S/C14H15NO5/c16-8-7-13(11-17)19-9-4-10-20-14(18)15-12-5-2-1-3-6-12/h1-3,5-8,11H,4,9-10H2,(H,15,18)/b13-7-. The molecule has 6 heteroatoms. The van der Waals surface area contributed by atoms with Crippen molar-refractivity contribution in [1.29, 1.82) is 0 Å². The number of nitrogens with one attached hydrogen (secondary N) is 1. The molecule has 0 heterocycles. The number of aldehydes is 2. The molecule has 0 bridgehead atoms. The number of allylic oxidation sites excluding steroid dienone is 2. The lowest BCUT2D eigenvalue weighted by molar-refractivity contribution is -0.109. The SMILES string of the molecule is O=C/C=C(/C=O)OCCCOC(=O)Nc1ccccc1. The Labute approximate surface area is 116 Å². The van der Waals surface area contributed by atoms with E-state index in [4.69, 9.17) is 9.47 Å². The normalized spacial score (nSPS) is 10.5. The average molecular weight is 277 g/mol. The number of rotatable bonds is 8. The van der Waals surface area contributed by atoms with E-state index in [1.54, 1.807) is 24.3 Å². The Bertz CT molecular complexity index is 470. The zero-order valence-electron chi connectivity index (χ0n) is 10.8. The van der Waals surface area contributed by atoms with Crippen LogP contribution >= 0.6 is 0 Å². The van der Waals surface area contributed by atoms with Crippen molar-refractivity contribution in [3.8, 4) is 0 Å². The van der Waals surface area contributed by atoms with Gasteiger partial charge in [-0.15, -0.1) is 0 Å². The highest BCUT2D eigenvalue weighted by Crippen LogP contribution is 2.05. The van der Waals surface area contributed by atoms with Gasteiger partial charge in [-0.2, -0.15) is 0 Å². The summed E-state index contributed by atoms with van der Waals surface area (Å²) in [6.45, 7) is 0.322. The van der Waals surface area contributed by atoms with E-state index in [-0.39, 0.29) is 19.0 Å². The summed E-state index contributed by atoms with van der Waals surface area (Å²) in [7, 11) is 0. The third kappa shape index (κ3) is 6.34. The van der Waals surface area contributed by atoms with Gasteiger partial charge in [0.2, 0.25) is 0 Å². The van der Waals surface area contributed by atoms with Crippen LogP contribution in [0, 0.1) is 0 Å². The number of ether oxygens (including phenoxy) is 2. The summed E-state index contributed by atoms with van der Waals surface area (Å²) in [6.07, 6.45) is 1.78. The zero-order valence-corrected chi connectivity index (χ0v) is 10.8. The smallest absolute Gasteiger partial charge is 0.411 e. The molecular weight excluding hydrogens is 262 g/mol. The Hall–Kier alpha value is -2.63. The number of amides is 1. The lowest BCUT2D eigenvalue weighted by Crippen LogP contribution is -2.15. The van der Waals surface area contributed by atoms with Crippen molar-refractivity contribution < 1.29 is 23.9 Å². The summed E-state index contributed by atoms with van der Waals surface area (Å²) in [5.74, 6) is -0.0475. The molecule has 0 aliphatic rings. The molecule has 0 spiro atoms. The summed E-state index contributed by atoms with van der Waals surface area (Å²) in [5.41, 5.74) is 0.644. The fraction of sp³-hybridized carbons (Fsp3) is 0.214. The molecule has 0 aromatic heterocycles. The molecule has 0 radical (unpaired) electrons. The first-order valence-corrected chi connectivity index (χ1v) is 5.98. The van der Waals surface area contributed by atoms with Crippen LogP contribution < -0.4 is 5.32 Å². The van der Waals surface area contributed by atoms with Crippen molar-refractivity contribution in [1.82, 2.24) is 0 Å². The van der Waals surface area contributed by atoms with Crippen molar-refractivity contribution in [3.63, 3.8) is 0 Å². The maximum absolute atomic E-state index is 11.4. The molecule has 0 aliphatic heterocycles. The summed E-state index contributed by atoms with van der Waals surface area (Å²) >= 11 is 0. The molecule has 0 unspecified atom stereocenters. The van der Waals surface area contributed by atoms with Crippen molar-refractivity contribution in [2.24, 2.45) is 0 Å². The molecule has 6 nitrogen and oxygen atoms in total. The quantitative estimate of drug-likeness (QED) is 0.340. The van der Waals surface area contributed by atoms with Gasteiger partial charge in [-0.25, -0.2) is 4.79 Å². The number of para-hydroxylation sites is 1. The van der Waals surface area contributed by atoms with Gasteiger partial charge in [0.1, 0.15) is 6.29 Å². The third-order valence-corrected chi connectivity index (χ3v) is 2.16. The van der Waals surface area contributed by atoms with E-state index >= 15 is 0 Å². The highest BCUT2D eigenvalue weighted by molar-refractivity contribution is 5.84. The van der Waals surface area contributed by atoms with Gasteiger partial charge in [-0.3, -0.25) is 14.9 Å². The van der Waals surface area contributed by atoms with Gasteiger partial charge < -0.3 is 9.47 Å². The van der Waals surface area contributed by atoms with E-state index in [0.717, 1.165) is 6.08 Å². The summed E-state index contributed by atoms with van der Waals surface area (Å²) < 4.78 is 9.90. The molecule has 0 fully saturated rings. The lowest BCUT2D eigenvalue weighted by Gasteiger charge is -2.07. The van der Waals surface area contributed by atoms with Crippen LogP contribution in [-0.4, -0.2) is 31.9 Å². The van der Waals surface area contributed by atoms with Crippen molar-refractivity contribution >= 4 is 24.4 Å². The predicted octanol–water partition coefficient (Wildman–Crippen LogP) is 1.92. The average Bonchev–Trinajstić information content (AvgIpc) is 2.46. The maximum Gasteiger partial charge on any atom is 0.411 e. The number of benzene rings is 1. The zero-order chi connectivity index (χ0) is 14.6. The summed E-state index contributed by atoms with van der Waals surface area (Å²) in [4.78, 5) is 31.9. The first-order chi connectivity index (χ1) is 9.76. The molecule has 1 aromatic rings. The molecule has 0 saturated carbocycles. The van der Waals surface area contributed by atoms with E-state index < -0.39 is 6.09 Å². The molecule has 1 rings (SSSR count). The molecule has 1 aromatic carbocycles. The van der Waals surface area contributed by atoms with E-state index in [9.17, 15) is 14.4 Å². The minimum atomic E-state index is -0.560. The Kier molecular flexibility index (Phi) is 7.19. The molecule has 20 heavy (non-hydrogen) atoms. The number of hydrogen-bond acceptors (Lipinski definition) is 5. The number of anilines is 1. The maximum atomic E-state index is 11.4. The monoisotopic (exact) mass is 277 g/mol. The fourth-order valence-electron chi connectivity index (χ4n) is 1.28. The van der Waals surface area contributed by atoms with E-state index in [1.165, 1.54) is 0 Å². The first kappa shape index (κ1) is 15.4. The second-order valence-corrected chi connectivity index (χ2v) is 3.65. The van der Waals surface area contributed by atoms with Crippen molar-refractivity contribution in [3.05, 3.63) is 42.2 Å². The van der Waals surface area contributed by atoms with Gasteiger partial charge in [0.05, 0.1) is 13.2 Å². The number of hydrogen-bond donors (Lipinski definition) is 1. The van der Waals surface area contributed by atoms with Crippen LogP contribution in [0.25, 0.3) is 0 Å². The van der Waals surface area contributed by atoms with Gasteiger partial charge in [0, 0.05) is 18.2 Å². The van der Waals surface area contributed by atoms with Gasteiger partial charge in [-0.1, -0.05) is 18.2 Å². The summed E-state index contributed by atoms with van der Waals surface area (Å²) in [5, 5.41) is 2.56. The van der Waals surface area contributed by atoms with E-state index in [2.05, 4.69) is 5.32 Å². The van der Waals surface area contributed by atoms with E-state index in [1.807, 2.05) is 6.07 Å². The van der Waals surface area contributed by atoms with Crippen LogP contribution in [0.1, 0.15) is 6.42 Å². The second kappa shape index (κ2) is 9.32. The van der Waals surface area contributed by atoms with Crippen LogP contribution in [0.5, 0.6) is 0 Å². The Balaban J connectivity index is 2.15. The van der Waals surface area contributed by atoms with E-state index in [0.29, 0.717) is 24.7 Å². The Morgan fingerprint density at radius 2 is 1.80 bits per heavy atom. The van der Waals surface area contributed by atoms with Gasteiger partial charge in [0.15, 0.2) is 12.0 Å². The van der Waals surface area contributed by atoms with Crippen LogP contribution in [0.4, 0.5) is 10.5 Å². The molecular formula is C14H15NO5. The fourth-order valence-corrected chi connectivity index (χ4v) is 1.28. The number of carbonyl (C=O) groups excluding carboxylic acids is 3. The third-order valence-electron chi connectivity index (χ3n) is 2.16. The van der Waals surface area contributed by atoms with Gasteiger partial charge in [-0.05, 0) is 12.1 Å². The predicted molar refractivity (Wildman–Crippen MR) is 72.2 cm³/mol. The minimum Gasteiger partial charge on any atom is -0.490 e. The number of carbonyl (C=O) groups is 3. The highest BCUT2D eigenvalue weighted by Gasteiger charge is 2.02. The molecule has 0 atom stereocenters. The molecule has 1 amide bonds. The van der Waals surface area contributed by atoms with Crippen molar-refractivity contribution in [2.45, 2.75) is 6.42 Å². The van der Waals surface area contributed by atoms with Crippen molar-refractivity contribution in [2.75, 3.05) is 18.5 Å². The van der Waals surface area contributed by atoms with Gasteiger partial charge in [0.25, 0.3) is 0 Å². The van der Waals surface area contributed by atoms with Crippen LogP contribution in [0.2, 0.25) is 0 Å². The Morgan fingerprint density at radius 1 is 1.10 bits per heavy atom. The molecule has 0 aliphatic carbocycles. The summed E-state index contributed by atoms with van der Waals surface area (Å²) in [6, 6.07) is 8.91. The molecule has 1 N–H and O–H groups in total. The lowest BCUT2D eigenvalue weighted by atomic mass is 10.3. The van der Waals surface area contributed by atoms with Crippen LogP contribution in [0.15, 0.2) is 42.2 Å². The van der Waals surface area contributed by atoms with Crippen LogP contribution in [0.3, 0.4) is 0 Å². The second-order valence-electron chi connectivity index (χ2n) is 3.65. The van der Waals surface area contributed by atoms with Crippen LogP contribution in [-0.2, 0) is 19.1 Å². The molecule has 0 saturated heterocycles. The minimum absolute atomic E-state index is 0.0475.